The van der Waals surface area contributed by atoms with Crippen molar-refractivity contribution in [2.24, 2.45) is 5.92 Å². The molecule has 0 bridgehead atoms. The highest BCUT2D eigenvalue weighted by Crippen LogP contribution is 2.37. The van der Waals surface area contributed by atoms with Crippen molar-refractivity contribution in [3.8, 4) is 17.2 Å². The molecule has 0 amide bonds. The SMILES string of the molecule is Cc1c(-c2cc(C(=O)O)c3c(OC[C@@H]4CCOC[C@@H]4O)ccc(C)c3n2)oc2ccccc12. The minimum atomic E-state index is -1.07. The standard InChI is InChI=1S/C26H25NO6/c1-14-7-8-22(32-12-16-9-10-31-13-20(16)28)23-18(26(29)30)11-19(27-24(14)23)25-15(2)17-5-3-4-6-21(17)33-25/h3-8,11,16,20,28H,9-10,12-13H2,1-2H3,(H,29,30)/t16-,20-/m0/s1. The van der Waals surface area contributed by atoms with E-state index in [1.54, 1.807) is 12.1 Å². The van der Waals surface area contributed by atoms with E-state index in [1.807, 2.05) is 44.2 Å². The summed E-state index contributed by atoms with van der Waals surface area (Å²) in [7, 11) is 0. The number of carboxylic acid groups (broad SMARTS) is 1. The van der Waals surface area contributed by atoms with Crippen LogP contribution in [0.4, 0.5) is 0 Å². The maximum absolute atomic E-state index is 12.3. The van der Waals surface area contributed by atoms with E-state index >= 15 is 0 Å². The molecule has 3 heterocycles. The molecule has 1 fully saturated rings. The zero-order valence-electron chi connectivity index (χ0n) is 18.5. The molecule has 1 aliphatic heterocycles. The van der Waals surface area contributed by atoms with Gasteiger partial charge >= 0.3 is 5.97 Å². The van der Waals surface area contributed by atoms with Gasteiger partial charge in [-0.25, -0.2) is 9.78 Å². The van der Waals surface area contributed by atoms with Crippen molar-refractivity contribution < 1.29 is 28.9 Å². The van der Waals surface area contributed by atoms with Gasteiger partial charge in [0.05, 0.1) is 35.8 Å². The van der Waals surface area contributed by atoms with Gasteiger partial charge < -0.3 is 24.1 Å². The van der Waals surface area contributed by atoms with Crippen LogP contribution in [0.1, 0.15) is 27.9 Å². The molecule has 1 saturated heterocycles. The number of pyridine rings is 1. The van der Waals surface area contributed by atoms with Crippen LogP contribution in [0.2, 0.25) is 0 Å². The first-order chi connectivity index (χ1) is 15.9. The highest BCUT2D eigenvalue weighted by Gasteiger charge is 2.26. The summed E-state index contributed by atoms with van der Waals surface area (Å²) in [6.45, 7) is 4.96. The second kappa shape index (κ2) is 8.50. The number of benzene rings is 2. The van der Waals surface area contributed by atoms with Crippen LogP contribution >= 0.6 is 0 Å². The number of aliphatic hydroxyl groups is 1. The molecule has 2 aromatic heterocycles. The molecule has 4 aromatic rings. The second-order valence-corrected chi connectivity index (χ2v) is 8.52. The molecular weight excluding hydrogens is 422 g/mol. The summed E-state index contributed by atoms with van der Waals surface area (Å²) in [6, 6.07) is 12.9. The van der Waals surface area contributed by atoms with Gasteiger partial charge in [0.25, 0.3) is 0 Å². The van der Waals surface area contributed by atoms with E-state index in [0.29, 0.717) is 41.1 Å². The van der Waals surface area contributed by atoms with E-state index in [2.05, 4.69) is 0 Å². The van der Waals surface area contributed by atoms with Gasteiger partial charge in [-0.1, -0.05) is 24.3 Å². The molecule has 170 valence electrons. The van der Waals surface area contributed by atoms with Crippen molar-refractivity contribution in [2.75, 3.05) is 19.8 Å². The van der Waals surface area contributed by atoms with Crippen molar-refractivity contribution in [1.29, 1.82) is 0 Å². The molecule has 1 aliphatic rings. The number of rotatable bonds is 5. The van der Waals surface area contributed by atoms with E-state index in [9.17, 15) is 15.0 Å². The number of ether oxygens (including phenoxy) is 2. The van der Waals surface area contributed by atoms with Crippen molar-refractivity contribution in [1.82, 2.24) is 4.98 Å². The first-order valence-corrected chi connectivity index (χ1v) is 11.0. The first kappa shape index (κ1) is 21.4. The largest absolute Gasteiger partial charge is 0.492 e. The average Bonchev–Trinajstić information content (AvgIpc) is 3.15. The molecule has 2 N–H and O–H groups in total. The highest BCUT2D eigenvalue weighted by molar-refractivity contribution is 6.07. The number of carboxylic acids is 1. The lowest BCUT2D eigenvalue weighted by Gasteiger charge is -2.27. The number of aromatic carboxylic acids is 1. The predicted octanol–water partition coefficient (Wildman–Crippen LogP) is 4.74. The maximum Gasteiger partial charge on any atom is 0.336 e. The van der Waals surface area contributed by atoms with E-state index in [-0.39, 0.29) is 24.7 Å². The Morgan fingerprint density at radius 1 is 1.21 bits per heavy atom. The monoisotopic (exact) mass is 447 g/mol. The number of carbonyl (C=O) groups is 1. The number of hydrogen-bond donors (Lipinski definition) is 2. The molecule has 5 rings (SSSR count). The molecule has 7 heteroatoms. The van der Waals surface area contributed by atoms with E-state index < -0.39 is 12.1 Å². The summed E-state index contributed by atoms with van der Waals surface area (Å²) < 4.78 is 17.4. The number of fused-ring (bicyclic) bond motifs is 2. The van der Waals surface area contributed by atoms with Gasteiger partial charge in [0.1, 0.15) is 17.0 Å². The minimum absolute atomic E-state index is 0.0752. The summed E-state index contributed by atoms with van der Waals surface area (Å²) in [6.07, 6.45) is 0.0833. The highest BCUT2D eigenvalue weighted by atomic mass is 16.5. The molecule has 33 heavy (non-hydrogen) atoms. The normalized spacial score (nSPS) is 18.6. The Labute approximate surface area is 190 Å². The fourth-order valence-corrected chi connectivity index (χ4v) is 4.43. The van der Waals surface area contributed by atoms with Gasteiger partial charge in [-0.15, -0.1) is 0 Å². The number of aromatic nitrogens is 1. The Morgan fingerprint density at radius 2 is 2.03 bits per heavy atom. The molecular formula is C26H25NO6. The topological polar surface area (TPSA) is 102 Å². The second-order valence-electron chi connectivity index (χ2n) is 8.52. The zero-order chi connectivity index (χ0) is 23.1. The Bertz CT molecular complexity index is 1360. The lowest BCUT2D eigenvalue weighted by Crippen LogP contribution is -2.35. The molecule has 0 spiro atoms. The van der Waals surface area contributed by atoms with Crippen molar-refractivity contribution >= 4 is 27.8 Å². The van der Waals surface area contributed by atoms with Gasteiger partial charge in [0.15, 0.2) is 5.76 Å². The number of hydrogen-bond acceptors (Lipinski definition) is 6. The molecule has 7 nitrogen and oxygen atoms in total. The quantitative estimate of drug-likeness (QED) is 0.456. The summed E-state index contributed by atoms with van der Waals surface area (Å²) in [5, 5.41) is 21.7. The number of furan rings is 1. The summed E-state index contributed by atoms with van der Waals surface area (Å²) in [4.78, 5) is 17.1. The van der Waals surface area contributed by atoms with E-state index in [4.69, 9.17) is 18.9 Å². The minimum Gasteiger partial charge on any atom is -0.492 e. The Hall–Kier alpha value is -3.42. The van der Waals surface area contributed by atoms with Gasteiger partial charge in [-0.3, -0.25) is 0 Å². The summed E-state index contributed by atoms with van der Waals surface area (Å²) in [5.74, 6) is -0.156. The summed E-state index contributed by atoms with van der Waals surface area (Å²) >= 11 is 0. The van der Waals surface area contributed by atoms with Gasteiger partial charge in [0, 0.05) is 23.5 Å². The third-order valence-electron chi connectivity index (χ3n) is 6.35. The van der Waals surface area contributed by atoms with Gasteiger partial charge in [0.2, 0.25) is 0 Å². The van der Waals surface area contributed by atoms with Crippen molar-refractivity contribution in [2.45, 2.75) is 26.4 Å². The lowest BCUT2D eigenvalue weighted by molar-refractivity contribution is -0.0553. The zero-order valence-corrected chi connectivity index (χ0v) is 18.5. The number of para-hydroxylation sites is 1. The van der Waals surface area contributed by atoms with Crippen LogP contribution < -0.4 is 4.74 Å². The Kier molecular flexibility index (Phi) is 5.52. The van der Waals surface area contributed by atoms with E-state index in [0.717, 1.165) is 22.1 Å². The summed E-state index contributed by atoms with van der Waals surface area (Å²) in [5.41, 5.74) is 3.59. The van der Waals surface area contributed by atoms with Crippen LogP contribution in [-0.4, -0.2) is 47.1 Å². The number of nitrogens with zero attached hydrogens (tertiary/aromatic N) is 1. The van der Waals surface area contributed by atoms with Gasteiger partial charge in [-0.05, 0) is 44.0 Å². The third kappa shape index (κ3) is 3.83. The van der Waals surface area contributed by atoms with Crippen LogP contribution in [0.5, 0.6) is 5.75 Å². The molecule has 0 radical (unpaired) electrons. The number of aryl methyl sites for hydroxylation is 2. The smallest absolute Gasteiger partial charge is 0.336 e. The van der Waals surface area contributed by atoms with Crippen LogP contribution in [0.3, 0.4) is 0 Å². The lowest BCUT2D eigenvalue weighted by atomic mass is 9.98. The van der Waals surface area contributed by atoms with Crippen molar-refractivity contribution in [3.63, 3.8) is 0 Å². The van der Waals surface area contributed by atoms with Gasteiger partial charge in [-0.2, -0.15) is 0 Å². The molecule has 2 atom stereocenters. The van der Waals surface area contributed by atoms with Crippen LogP contribution in [0.25, 0.3) is 33.3 Å². The first-order valence-electron chi connectivity index (χ1n) is 11.0. The van der Waals surface area contributed by atoms with Crippen LogP contribution in [-0.2, 0) is 4.74 Å². The van der Waals surface area contributed by atoms with E-state index in [1.165, 1.54) is 0 Å². The average molecular weight is 447 g/mol. The molecule has 0 saturated carbocycles. The molecule has 0 unspecified atom stereocenters. The Morgan fingerprint density at radius 3 is 2.79 bits per heavy atom. The molecule has 0 aliphatic carbocycles. The van der Waals surface area contributed by atoms with Crippen LogP contribution in [0, 0.1) is 19.8 Å². The predicted molar refractivity (Wildman–Crippen MR) is 124 cm³/mol. The van der Waals surface area contributed by atoms with Crippen molar-refractivity contribution in [3.05, 3.63) is 59.2 Å². The third-order valence-corrected chi connectivity index (χ3v) is 6.35. The fourth-order valence-electron chi connectivity index (χ4n) is 4.43. The number of aliphatic hydroxyl groups excluding tert-OH is 1. The Balaban J connectivity index is 1.62. The van der Waals surface area contributed by atoms with Crippen LogP contribution in [0.15, 0.2) is 46.9 Å². The molecule has 2 aromatic carbocycles. The maximum atomic E-state index is 12.3. The fraction of sp³-hybridized carbons (Fsp3) is 0.308.